The minimum Gasteiger partial charge on any atom is -0.399 e. The first kappa shape index (κ1) is 12.7. The highest BCUT2D eigenvalue weighted by atomic mass is 15.0. The first-order chi connectivity index (χ1) is 8.65. The van der Waals surface area contributed by atoms with Gasteiger partial charge in [0.25, 0.3) is 0 Å². The van der Waals surface area contributed by atoms with E-state index in [0.29, 0.717) is 0 Å². The lowest BCUT2D eigenvalue weighted by molar-refractivity contribution is 0.401. The van der Waals surface area contributed by atoms with E-state index < -0.39 is 0 Å². The zero-order chi connectivity index (χ0) is 13.0. The predicted molar refractivity (Wildman–Crippen MR) is 77.5 cm³/mol. The van der Waals surface area contributed by atoms with Crippen LogP contribution in [0.4, 0.5) is 5.69 Å². The summed E-state index contributed by atoms with van der Waals surface area (Å²) in [6.45, 7) is 0.971. The van der Waals surface area contributed by atoms with Crippen molar-refractivity contribution in [3.05, 3.63) is 65.2 Å². The number of nitrogens with two attached hydrogens (primary N) is 1. The third-order valence-electron chi connectivity index (χ3n) is 2.95. The maximum absolute atomic E-state index is 5.82. The van der Waals surface area contributed by atoms with Crippen LogP contribution in [-0.2, 0) is 13.0 Å². The van der Waals surface area contributed by atoms with E-state index in [4.69, 9.17) is 5.73 Å². The molecule has 0 saturated carbocycles. The molecule has 2 aromatic rings. The van der Waals surface area contributed by atoms with Crippen LogP contribution in [-0.4, -0.2) is 19.0 Å². The summed E-state index contributed by atoms with van der Waals surface area (Å²) in [4.78, 5) is 2.19. The van der Waals surface area contributed by atoms with Gasteiger partial charge in [-0.3, -0.25) is 0 Å². The number of nitrogens with zero attached hydrogens (tertiary/aromatic N) is 1. The minimum absolute atomic E-state index is 0.831. The zero-order valence-electron chi connectivity index (χ0n) is 11.1. The molecule has 94 valence electrons. The van der Waals surface area contributed by atoms with Crippen molar-refractivity contribution < 1.29 is 0 Å². The summed E-state index contributed by atoms with van der Waals surface area (Å²) >= 11 is 0. The summed E-state index contributed by atoms with van der Waals surface area (Å²) in [7, 11) is 4.19. The Balaban J connectivity index is 2.23. The van der Waals surface area contributed by atoms with Gasteiger partial charge in [-0.05, 0) is 49.3 Å². The fraction of sp³-hybridized carbons (Fsp3) is 0.250. The molecule has 0 heterocycles. The zero-order valence-corrected chi connectivity index (χ0v) is 11.1. The molecule has 18 heavy (non-hydrogen) atoms. The Kier molecular flexibility index (Phi) is 4.00. The van der Waals surface area contributed by atoms with E-state index in [0.717, 1.165) is 18.7 Å². The van der Waals surface area contributed by atoms with Gasteiger partial charge in [0.2, 0.25) is 0 Å². The molecule has 0 aliphatic rings. The van der Waals surface area contributed by atoms with Crippen LogP contribution in [0.15, 0.2) is 48.5 Å². The smallest absolute Gasteiger partial charge is 0.0316 e. The Hall–Kier alpha value is -1.80. The quantitative estimate of drug-likeness (QED) is 0.833. The van der Waals surface area contributed by atoms with Gasteiger partial charge >= 0.3 is 0 Å². The monoisotopic (exact) mass is 240 g/mol. The largest absolute Gasteiger partial charge is 0.399 e. The van der Waals surface area contributed by atoms with Crippen molar-refractivity contribution in [2.24, 2.45) is 0 Å². The third kappa shape index (κ3) is 3.34. The second kappa shape index (κ2) is 5.69. The number of benzene rings is 2. The van der Waals surface area contributed by atoms with E-state index in [-0.39, 0.29) is 0 Å². The van der Waals surface area contributed by atoms with Gasteiger partial charge in [-0.15, -0.1) is 0 Å². The average Bonchev–Trinajstić information content (AvgIpc) is 2.31. The van der Waals surface area contributed by atoms with Gasteiger partial charge < -0.3 is 10.6 Å². The van der Waals surface area contributed by atoms with Crippen molar-refractivity contribution in [3.63, 3.8) is 0 Å². The van der Waals surface area contributed by atoms with Crippen LogP contribution in [0.1, 0.15) is 16.7 Å². The summed E-state index contributed by atoms with van der Waals surface area (Å²) in [5, 5.41) is 0. The summed E-state index contributed by atoms with van der Waals surface area (Å²) in [6, 6.07) is 16.7. The van der Waals surface area contributed by atoms with Crippen LogP contribution < -0.4 is 5.73 Å². The van der Waals surface area contributed by atoms with Crippen LogP contribution in [0.5, 0.6) is 0 Å². The molecule has 2 nitrogen and oxygen atoms in total. The first-order valence-electron chi connectivity index (χ1n) is 6.21. The highest BCUT2D eigenvalue weighted by Gasteiger charge is 2.04. The number of nitrogen functional groups attached to an aromatic ring is 1. The van der Waals surface area contributed by atoms with Gasteiger partial charge in [-0.25, -0.2) is 0 Å². The van der Waals surface area contributed by atoms with Crippen LogP contribution in [0.25, 0.3) is 0 Å². The lowest BCUT2D eigenvalue weighted by atomic mass is 9.99. The molecule has 0 spiro atoms. The molecule has 0 amide bonds. The Morgan fingerprint density at radius 1 is 0.944 bits per heavy atom. The van der Waals surface area contributed by atoms with Gasteiger partial charge in [0, 0.05) is 12.2 Å². The fourth-order valence-electron chi connectivity index (χ4n) is 2.15. The van der Waals surface area contributed by atoms with Crippen molar-refractivity contribution in [1.82, 2.24) is 4.90 Å². The summed E-state index contributed by atoms with van der Waals surface area (Å²) in [5.41, 5.74) is 10.7. The van der Waals surface area contributed by atoms with Crippen LogP contribution >= 0.6 is 0 Å². The average molecular weight is 240 g/mol. The standard InChI is InChI=1S/C16H20N2/c1-18(2)12-15-8-4-3-7-14(15)10-13-6-5-9-16(17)11-13/h3-9,11H,10,12,17H2,1-2H3. The van der Waals surface area contributed by atoms with E-state index in [1.54, 1.807) is 0 Å². The maximum atomic E-state index is 5.82. The van der Waals surface area contributed by atoms with E-state index in [1.165, 1.54) is 16.7 Å². The van der Waals surface area contributed by atoms with Crippen molar-refractivity contribution in [1.29, 1.82) is 0 Å². The van der Waals surface area contributed by atoms with Crippen molar-refractivity contribution in [2.45, 2.75) is 13.0 Å². The Labute approximate surface area is 109 Å². The topological polar surface area (TPSA) is 29.3 Å². The molecule has 2 aromatic carbocycles. The molecule has 2 N–H and O–H groups in total. The predicted octanol–water partition coefficient (Wildman–Crippen LogP) is 2.92. The fourth-order valence-corrected chi connectivity index (χ4v) is 2.15. The molecule has 0 fully saturated rings. The van der Waals surface area contributed by atoms with E-state index in [2.05, 4.69) is 49.3 Å². The number of hydrogen-bond acceptors (Lipinski definition) is 2. The number of hydrogen-bond donors (Lipinski definition) is 1. The van der Waals surface area contributed by atoms with Gasteiger partial charge in [-0.2, -0.15) is 0 Å². The Morgan fingerprint density at radius 3 is 2.33 bits per heavy atom. The Morgan fingerprint density at radius 2 is 1.67 bits per heavy atom. The number of anilines is 1. The van der Waals surface area contributed by atoms with Gasteiger partial charge in [0.1, 0.15) is 0 Å². The lowest BCUT2D eigenvalue weighted by Gasteiger charge is -2.14. The van der Waals surface area contributed by atoms with Crippen LogP contribution in [0.2, 0.25) is 0 Å². The van der Waals surface area contributed by atoms with Gasteiger partial charge in [0.05, 0.1) is 0 Å². The molecular formula is C16H20N2. The SMILES string of the molecule is CN(C)Cc1ccccc1Cc1cccc(N)c1. The molecular weight excluding hydrogens is 220 g/mol. The second-order valence-corrected chi connectivity index (χ2v) is 4.93. The lowest BCUT2D eigenvalue weighted by Crippen LogP contribution is -2.12. The molecule has 0 saturated heterocycles. The molecule has 0 bridgehead atoms. The highest BCUT2D eigenvalue weighted by Crippen LogP contribution is 2.17. The molecule has 0 radical (unpaired) electrons. The molecule has 2 heteroatoms. The van der Waals surface area contributed by atoms with Crippen molar-refractivity contribution in [3.8, 4) is 0 Å². The van der Waals surface area contributed by atoms with E-state index in [1.807, 2.05) is 18.2 Å². The molecule has 2 rings (SSSR count). The summed E-state index contributed by atoms with van der Waals surface area (Å²) in [5.74, 6) is 0. The first-order valence-corrected chi connectivity index (χ1v) is 6.21. The van der Waals surface area contributed by atoms with Crippen molar-refractivity contribution in [2.75, 3.05) is 19.8 Å². The van der Waals surface area contributed by atoms with Gasteiger partial charge in [-0.1, -0.05) is 36.4 Å². The summed E-state index contributed by atoms with van der Waals surface area (Å²) < 4.78 is 0. The molecule has 0 aromatic heterocycles. The number of rotatable bonds is 4. The second-order valence-electron chi connectivity index (χ2n) is 4.93. The third-order valence-corrected chi connectivity index (χ3v) is 2.95. The summed E-state index contributed by atoms with van der Waals surface area (Å²) in [6.07, 6.45) is 0.940. The molecule has 0 aliphatic carbocycles. The molecule has 0 aliphatic heterocycles. The Bertz CT molecular complexity index is 518. The van der Waals surface area contributed by atoms with E-state index >= 15 is 0 Å². The van der Waals surface area contributed by atoms with Crippen molar-refractivity contribution >= 4 is 5.69 Å². The highest BCUT2D eigenvalue weighted by molar-refractivity contribution is 5.43. The van der Waals surface area contributed by atoms with Gasteiger partial charge in [0.15, 0.2) is 0 Å². The minimum atomic E-state index is 0.831. The van der Waals surface area contributed by atoms with Crippen LogP contribution in [0, 0.1) is 0 Å². The van der Waals surface area contributed by atoms with Crippen LogP contribution in [0.3, 0.4) is 0 Å². The van der Waals surface area contributed by atoms with E-state index in [9.17, 15) is 0 Å². The molecule has 0 unspecified atom stereocenters. The molecule has 0 atom stereocenters. The maximum Gasteiger partial charge on any atom is 0.0316 e. The normalized spacial score (nSPS) is 10.8.